The van der Waals surface area contributed by atoms with Gasteiger partial charge in [-0.2, -0.15) is 0 Å². The number of fused-ring (bicyclic) bond motifs is 12. The van der Waals surface area contributed by atoms with Crippen LogP contribution in [0.5, 0.6) is 23.0 Å². The van der Waals surface area contributed by atoms with Crippen LogP contribution in [0.1, 0.15) is 22.3 Å². The molecular formula is C42H24O2. The minimum Gasteiger partial charge on any atom is -0.455 e. The third kappa shape index (κ3) is 3.20. The van der Waals surface area contributed by atoms with Crippen molar-refractivity contribution < 1.29 is 9.47 Å². The first-order valence-corrected chi connectivity index (χ1v) is 15.0. The van der Waals surface area contributed by atoms with E-state index in [0.717, 1.165) is 99.5 Å². The third-order valence-corrected chi connectivity index (χ3v) is 9.25. The summed E-state index contributed by atoms with van der Waals surface area (Å²) in [5.74, 6) is 3.58. The van der Waals surface area contributed by atoms with Gasteiger partial charge in [0.25, 0.3) is 0 Å². The zero-order valence-corrected chi connectivity index (χ0v) is 23.7. The predicted molar refractivity (Wildman–Crippen MR) is 181 cm³/mol. The van der Waals surface area contributed by atoms with E-state index in [9.17, 15) is 0 Å². The van der Waals surface area contributed by atoms with E-state index in [1.807, 2.05) is 0 Å². The molecule has 8 aromatic carbocycles. The third-order valence-electron chi connectivity index (χ3n) is 9.25. The molecule has 0 saturated carbocycles. The summed E-state index contributed by atoms with van der Waals surface area (Å²) >= 11 is 0. The molecule has 0 aliphatic carbocycles. The second-order valence-electron chi connectivity index (χ2n) is 11.6. The standard InChI is InChI=1S/C42H24O2/c1-5-13-29-25(9-1)17-21-33-37(34-22-18-26-10-2-6-14-30(26)40(34)43-39(29)33)38-35-23-19-27-11-3-7-15-31(27)41(35)44-42-32-16-8-4-12-28(32)20-24-36(38)42/h1-24H. The van der Waals surface area contributed by atoms with Crippen LogP contribution in [-0.4, -0.2) is 0 Å². The zero-order chi connectivity index (χ0) is 28.8. The summed E-state index contributed by atoms with van der Waals surface area (Å²) in [5, 5.41) is 9.04. The van der Waals surface area contributed by atoms with Gasteiger partial charge in [-0.3, -0.25) is 0 Å². The number of hydrogen-bond acceptors (Lipinski definition) is 2. The van der Waals surface area contributed by atoms with Crippen molar-refractivity contribution in [1.29, 1.82) is 0 Å². The van der Waals surface area contributed by atoms with Crippen LogP contribution in [0.3, 0.4) is 0 Å². The van der Waals surface area contributed by atoms with Crippen molar-refractivity contribution in [2.45, 2.75) is 0 Å². The van der Waals surface area contributed by atoms with Gasteiger partial charge in [0.2, 0.25) is 0 Å². The van der Waals surface area contributed by atoms with E-state index in [0.29, 0.717) is 0 Å². The minimum absolute atomic E-state index is 0.894. The van der Waals surface area contributed by atoms with E-state index in [2.05, 4.69) is 146 Å². The second kappa shape index (κ2) is 8.82. The Balaban J connectivity index is 1.43. The van der Waals surface area contributed by atoms with Crippen molar-refractivity contribution in [2.75, 3.05) is 0 Å². The average molecular weight is 561 g/mol. The number of hydrogen-bond donors (Lipinski definition) is 0. The molecule has 2 heteroatoms. The largest absolute Gasteiger partial charge is 0.455 e. The van der Waals surface area contributed by atoms with E-state index >= 15 is 0 Å². The SMILES string of the molecule is c1ccc2c3c(ccc2c1)C(=C1c2ccc4ccccc4c2Oc2c1ccc1ccccc21)c1ccc2ccccc2c1O3. The first-order valence-electron chi connectivity index (χ1n) is 15.0. The molecule has 0 fully saturated rings. The Hall–Kier alpha value is -5.86. The van der Waals surface area contributed by atoms with Gasteiger partial charge in [-0.1, -0.05) is 121 Å². The van der Waals surface area contributed by atoms with Gasteiger partial charge in [0.1, 0.15) is 23.0 Å². The summed E-state index contributed by atoms with van der Waals surface area (Å²) in [6, 6.07) is 51.8. The smallest absolute Gasteiger partial charge is 0.143 e. The summed E-state index contributed by atoms with van der Waals surface area (Å²) in [6.45, 7) is 0. The molecular weight excluding hydrogens is 536 g/mol. The van der Waals surface area contributed by atoms with Crippen LogP contribution in [0.15, 0.2) is 146 Å². The fourth-order valence-corrected chi connectivity index (χ4v) is 7.23. The predicted octanol–water partition coefficient (Wildman–Crippen LogP) is 11.5. The molecule has 2 aliphatic heterocycles. The van der Waals surface area contributed by atoms with E-state index < -0.39 is 0 Å². The van der Waals surface area contributed by atoms with Crippen LogP contribution in [0.25, 0.3) is 54.2 Å². The van der Waals surface area contributed by atoms with Crippen molar-refractivity contribution in [3.8, 4) is 23.0 Å². The first-order chi connectivity index (χ1) is 21.8. The molecule has 0 N–H and O–H groups in total. The van der Waals surface area contributed by atoms with Crippen molar-refractivity contribution in [3.05, 3.63) is 168 Å². The van der Waals surface area contributed by atoms with E-state index in [4.69, 9.17) is 9.47 Å². The molecule has 0 spiro atoms. The monoisotopic (exact) mass is 560 g/mol. The Morgan fingerprint density at radius 2 is 0.500 bits per heavy atom. The Morgan fingerprint density at radius 3 is 0.773 bits per heavy atom. The van der Waals surface area contributed by atoms with Crippen molar-refractivity contribution in [3.63, 3.8) is 0 Å². The summed E-state index contributed by atoms with van der Waals surface area (Å²) in [4.78, 5) is 0. The maximum atomic E-state index is 6.98. The summed E-state index contributed by atoms with van der Waals surface area (Å²) in [7, 11) is 0. The highest BCUT2D eigenvalue weighted by atomic mass is 16.5. The zero-order valence-electron chi connectivity index (χ0n) is 23.7. The lowest BCUT2D eigenvalue weighted by Gasteiger charge is -2.31. The van der Waals surface area contributed by atoms with Crippen molar-refractivity contribution in [1.82, 2.24) is 0 Å². The fourth-order valence-electron chi connectivity index (χ4n) is 7.23. The number of ether oxygens (including phenoxy) is 2. The Kier molecular flexibility index (Phi) is 4.75. The molecule has 0 aromatic heterocycles. The normalized spacial score (nSPS) is 13.3. The maximum Gasteiger partial charge on any atom is 0.143 e. The van der Waals surface area contributed by atoms with E-state index in [-0.39, 0.29) is 0 Å². The lowest BCUT2D eigenvalue weighted by atomic mass is 9.80. The quantitative estimate of drug-likeness (QED) is 0.184. The molecule has 0 bridgehead atoms. The van der Waals surface area contributed by atoms with Crippen LogP contribution >= 0.6 is 0 Å². The van der Waals surface area contributed by atoms with Gasteiger partial charge in [0, 0.05) is 54.9 Å². The molecule has 0 unspecified atom stereocenters. The summed E-state index contributed by atoms with van der Waals surface area (Å²) in [5.41, 5.74) is 6.66. The molecule has 2 heterocycles. The minimum atomic E-state index is 0.894. The molecule has 0 atom stereocenters. The van der Waals surface area contributed by atoms with Crippen LogP contribution in [0.2, 0.25) is 0 Å². The number of rotatable bonds is 0. The molecule has 2 nitrogen and oxygen atoms in total. The Labute approximate surface area is 254 Å². The first kappa shape index (κ1) is 23.7. The van der Waals surface area contributed by atoms with Gasteiger partial charge in [0.05, 0.1) is 0 Å². The highest BCUT2D eigenvalue weighted by Crippen LogP contribution is 2.57. The summed E-state index contributed by atoms with van der Waals surface area (Å²) < 4.78 is 14.0. The van der Waals surface area contributed by atoms with Gasteiger partial charge < -0.3 is 9.47 Å². The van der Waals surface area contributed by atoms with Gasteiger partial charge in [-0.15, -0.1) is 0 Å². The summed E-state index contributed by atoms with van der Waals surface area (Å²) in [6.07, 6.45) is 0. The molecule has 2 aliphatic rings. The van der Waals surface area contributed by atoms with Gasteiger partial charge >= 0.3 is 0 Å². The molecule has 8 aromatic rings. The second-order valence-corrected chi connectivity index (χ2v) is 11.6. The molecule has 0 amide bonds. The van der Waals surface area contributed by atoms with E-state index in [1.54, 1.807) is 0 Å². The van der Waals surface area contributed by atoms with Crippen LogP contribution in [0.4, 0.5) is 0 Å². The maximum absolute atomic E-state index is 6.98. The highest BCUT2D eigenvalue weighted by Gasteiger charge is 2.34. The molecule has 0 radical (unpaired) electrons. The van der Waals surface area contributed by atoms with Gasteiger partial charge in [0.15, 0.2) is 0 Å². The van der Waals surface area contributed by atoms with Crippen LogP contribution in [0, 0.1) is 0 Å². The lowest BCUT2D eigenvalue weighted by molar-refractivity contribution is 0.483. The molecule has 204 valence electrons. The van der Waals surface area contributed by atoms with E-state index in [1.165, 1.54) is 0 Å². The van der Waals surface area contributed by atoms with Gasteiger partial charge in [-0.05, 0) is 45.8 Å². The Morgan fingerprint density at radius 1 is 0.250 bits per heavy atom. The topological polar surface area (TPSA) is 18.5 Å². The lowest BCUT2D eigenvalue weighted by Crippen LogP contribution is -2.10. The number of benzene rings is 8. The molecule has 44 heavy (non-hydrogen) atoms. The highest BCUT2D eigenvalue weighted by molar-refractivity contribution is 6.17. The van der Waals surface area contributed by atoms with Gasteiger partial charge in [-0.25, -0.2) is 0 Å². The molecule has 10 rings (SSSR count). The van der Waals surface area contributed by atoms with Crippen molar-refractivity contribution >= 4 is 54.2 Å². The average Bonchev–Trinajstić information content (AvgIpc) is 3.09. The van der Waals surface area contributed by atoms with Crippen LogP contribution < -0.4 is 9.47 Å². The van der Waals surface area contributed by atoms with Crippen molar-refractivity contribution in [2.24, 2.45) is 0 Å². The molecule has 0 saturated heterocycles. The Bertz CT molecular complexity index is 2200. The van der Waals surface area contributed by atoms with Crippen LogP contribution in [-0.2, 0) is 0 Å². The fraction of sp³-hybridized carbons (Fsp3) is 0.